The largest absolute Gasteiger partial charge is 0.438 e. The molecule has 0 aliphatic carbocycles. The third-order valence-electron chi connectivity index (χ3n) is 1.89. The van der Waals surface area contributed by atoms with Gasteiger partial charge in [0, 0.05) is 10.5 Å². The molecule has 5 nitrogen and oxygen atoms in total. The Bertz CT molecular complexity index is 562. The van der Waals surface area contributed by atoms with Crippen molar-refractivity contribution in [3.8, 4) is 11.6 Å². The van der Waals surface area contributed by atoms with Crippen molar-refractivity contribution in [2.75, 3.05) is 5.43 Å². The lowest BCUT2D eigenvalue weighted by Gasteiger charge is -2.08. The Morgan fingerprint density at radius 3 is 2.72 bits per heavy atom. The van der Waals surface area contributed by atoms with Crippen LogP contribution >= 0.6 is 31.9 Å². The van der Waals surface area contributed by atoms with Gasteiger partial charge in [0.15, 0.2) is 0 Å². The molecule has 2 rings (SSSR count). The molecule has 0 aliphatic heterocycles. The number of hydrazine groups is 1. The van der Waals surface area contributed by atoms with E-state index in [9.17, 15) is 4.39 Å². The van der Waals surface area contributed by atoms with Gasteiger partial charge in [0.25, 0.3) is 0 Å². The first-order valence-electron chi connectivity index (χ1n) is 4.71. The predicted molar refractivity (Wildman–Crippen MR) is 71.7 cm³/mol. The molecule has 1 aromatic heterocycles. The molecule has 0 bridgehead atoms. The maximum atomic E-state index is 13.2. The summed E-state index contributed by atoms with van der Waals surface area (Å²) in [6, 6.07) is 4.19. The van der Waals surface area contributed by atoms with Crippen molar-refractivity contribution >= 4 is 37.8 Å². The van der Waals surface area contributed by atoms with Gasteiger partial charge in [-0.1, -0.05) is 15.9 Å². The van der Waals surface area contributed by atoms with Crippen LogP contribution in [0.25, 0.3) is 0 Å². The fourth-order valence-corrected chi connectivity index (χ4v) is 1.91. The molecule has 0 saturated heterocycles. The average Bonchev–Trinajstić information content (AvgIpc) is 2.30. The second-order valence-corrected chi connectivity index (χ2v) is 4.97. The Morgan fingerprint density at radius 1 is 1.28 bits per heavy atom. The van der Waals surface area contributed by atoms with Crippen molar-refractivity contribution in [1.29, 1.82) is 0 Å². The normalized spacial score (nSPS) is 10.2. The number of anilines is 1. The number of nitrogen functional groups attached to an aromatic ring is 1. The maximum Gasteiger partial charge on any atom is 0.240 e. The lowest BCUT2D eigenvalue weighted by molar-refractivity contribution is 0.454. The number of rotatable bonds is 3. The molecule has 0 atom stereocenters. The fourth-order valence-electron chi connectivity index (χ4n) is 1.19. The number of aromatic nitrogens is 2. The number of nitrogens with one attached hydrogen (secondary N) is 1. The summed E-state index contributed by atoms with van der Waals surface area (Å²) in [5.41, 5.74) is 2.30. The summed E-state index contributed by atoms with van der Waals surface area (Å²) < 4.78 is 19.7. The van der Waals surface area contributed by atoms with Gasteiger partial charge in [-0.3, -0.25) is 5.43 Å². The zero-order chi connectivity index (χ0) is 13.1. The number of nitrogens with two attached hydrogens (primary N) is 1. The minimum Gasteiger partial charge on any atom is -0.438 e. The van der Waals surface area contributed by atoms with Crippen molar-refractivity contribution < 1.29 is 9.13 Å². The van der Waals surface area contributed by atoms with Crippen molar-refractivity contribution in [3.05, 3.63) is 39.2 Å². The van der Waals surface area contributed by atoms with Gasteiger partial charge in [-0.15, -0.1) is 0 Å². The Labute approximate surface area is 119 Å². The summed E-state index contributed by atoms with van der Waals surface area (Å²) in [7, 11) is 0. The molecule has 1 aromatic carbocycles. The van der Waals surface area contributed by atoms with Gasteiger partial charge < -0.3 is 4.74 Å². The van der Waals surface area contributed by atoms with Gasteiger partial charge in [-0.25, -0.2) is 15.2 Å². The molecule has 8 heteroatoms. The standard InChI is InChI=1S/C10H7Br2FN4O/c11-5-1-6(13)3-7(2-5)18-9-8(12)4-15-10(16-9)17-14/h1-4H,14H2,(H,15,16,17). The molecule has 0 aliphatic rings. The van der Waals surface area contributed by atoms with E-state index < -0.39 is 5.82 Å². The Balaban J connectivity index is 2.33. The third kappa shape index (κ3) is 3.15. The Morgan fingerprint density at radius 2 is 2.06 bits per heavy atom. The van der Waals surface area contributed by atoms with Gasteiger partial charge >= 0.3 is 0 Å². The molecule has 0 radical (unpaired) electrons. The van der Waals surface area contributed by atoms with E-state index >= 15 is 0 Å². The Kier molecular flexibility index (Phi) is 4.10. The smallest absolute Gasteiger partial charge is 0.240 e. The van der Waals surface area contributed by atoms with Crippen molar-refractivity contribution in [3.63, 3.8) is 0 Å². The van der Waals surface area contributed by atoms with E-state index in [4.69, 9.17) is 10.6 Å². The molecule has 94 valence electrons. The number of ether oxygens (including phenoxy) is 1. The van der Waals surface area contributed by atoms with Gasteiger partial charge in [-0.2, -0.15) is 4.98 Å². The summed E-state index contributed by atoms with van der Waals surface area (Å²) in [5.74, 6) is 5.52. The molecule has 0 unspecified atom stereocenters. The summed E-state index contributed by atoms with van der Waals surface area (Å²) in [5, 5.41) is 0. The van der Waals surface area contributed by atoms with Crippen LogP contribution in [0.3, 0.4) is 0 Å². The molecular formula is C10H7Br2FN4O. The van der Waals surface area contributed by atoms with Crippen LogP contribution in [0.5, 0.6) is 11.6 Å². The molecule has 0 spiro atoms. The first-order valence-corrected chi connectivity index (χ1v) is 6.30. The second kappa shape index (κ2) is 5.59. The minimum absolute atomic E-state index is 0.198. The number of nitrogens with zero attached hydrogens (tertiary/aromatic N) is 2. The van der Waals surface area contributed by atoms with E-state index in [1.54, 1.807) is 6.07 Å². The third-order valence-corrected chi connectivity index (χ3v) is 2.89. The summed E-state index contributed by atoms with van der Waals surface area (Å²) in [6.07, 6.45) is 1.48. The molecule has 0 saturated carbocycles. The monoisotopic (exact) mass is 376 g/mol. The topological polar surface area (TPSA) is 73.1 Å². The number of halogens is 3. The number of hydrogen-bond donors (Lipinski definition) is 2. The maximum absolute atomic E-state index is 13.2. The zero-order valence-electron chi connectivity index (χ0n) is 8.82. The quantitative estimate of drug-likeness (QED) is 0.634. The lowest BCUT2D eigenvalue weighted by Crippen LogP contribution is -2.10. The lowest BCUT2D eigenvalue weighted by atomic mass is 10.3. The van der Waals surface area contributed by atoms with Gasteiger partial charge in [-0.05, 0) is 28.1 Å². The van der Waals surface area contributed by atoms with Gasteiger partial charge in [0.05, 0.1) is 10.7 Å². The van der Waals surface area contributed by atoms with Crippen molar-refractivity contribution in [2.24, 2.45) is 5.84 Å². The molecular weight excluding hydrogens is 371 g/mol. The molecule has 0 amide bonds. The highest BCUT2D eigenvalue weighted by Crippen LogP contribution is 2.29. The van der Waals surface area contributed by atoms with Gasteiger partial charge in [0.1, 0.15) is 11.6 Å². The van der Waals surface area contributed by atoms with E-state index in [0.29, 0.717) is 14.7 Å². The molecule has 2 aromatic rings. The molecule has 0 fully saturated rings. The highest BCUT2D eigenvalue weighted by molar-refractivity contribution is 9.10. The summed E-state index contributed by atoms with van der Waals surface area (Å²) in [6.45, 7) is 0. The molecule has 18 heavy (non-hydrogen) atoms. The summed E-state index contributed by atoms with van der Waals surface area (Å²) >= 11 is 6.41. The first-order chi connectivity index (χ1) is 8.58. The molecule has 1 heterocycles. The van der Waals surface area contributed by atoms with Crippen molar-refractivity contribution in [1.82, 2.24) is 9.97 Å². The van der Waals surface area contributed by atoms with E-state index in [-0.39, 0.29) is 11.8 Å². The number of hydrogen-bond acceptors (Lipinski definition) is 5. The van der Waals surface area contributed by atoms with E-state index in [0.717, 1.165) is 0 Å². The van der Waals surface area contributed by atoms with Gasteiger partial charge in [0.2, 0.25) is 11.8 Å². The first kappa shape index (κ1) is 13.2. The van der Waals surface area contributed by atoms with Crippen LogP contribution in [0.4, 0.5) is 10.3 Å². The van der Waals surface area contributed by atoms with Crippen LogP contribution in [-0.2, 0) is 0 Å². The highest BCUT2D eigenvalue weighted by atomic mass is 79.9. The zero-order valence-corrected chi connectivity index (χ0v) is 12.0. The van der Waals surface area contributed by atoms with Crippen LogP contribution < -0.4 is 16.0 Å². The van der Waals surface area contributed by atoms with E-state index in [1.807, 2.05) is 0 Å². The molecule has 3 N–H and O–H groups in total. The fraction of sp³-hybridized carbons (Fsp3) is 0. The van der Waals surface area contributed by atoms with E-state index in [2.05, 4.69) is 47.3 Å². The second-order valence-electron chi connectivity index (χ2n) is 3.20. The average molecular weight is 378 g/mol. The van der Waals surface area contributed by atoms with Crippen molar-refractivity contribution in [2.45, 2.75) is 0 Å². The summed E-state index contributed by atoms with van der Waals surface area (Å²) in [4.78, 5) is 7.87. The minimum atomic E-state index is -0.415. The Hall–Kier alpha value is -1.25. The number of benzene rings is 1. The van der Waals surface area contributed by atoms with Crippen LogP contribution in [0, 0.1) is 5.82 Å². The predicted octanol–water partition coefficient (Wildman–Crippen LogP) is 3.22. The van der Waals surface area contributed by atoms with Crippen LogP contribution in [0.2, 0.25) is 0 Å². The highest BCUT2D eigenvalue weighted by Gasteiger charge is 2.08. The van der Waals surface area contributed by atoms with Crippen LogP contribution in [0.1, 0.15) is 0 Å². The van der Waals surface area contributed by atoms with Crippen LogP contribution in [0.15, 0.2) is 33.3 Å². The van der Waals surface area contributed by atoms with Crippen LogP contribution in [-0.4, -0.2) is 9.97 Å². The van der Waals surface area contributed by atoms with E-state index in [1.165, 1.54) is 18.3 Å². The SMILES string of the molecule is NNc1ncc(Br)c(Oc2cc(F)cc(Br)c2)n1.